The Bertz CT molecular complexity index is 1310. The second-order valence-electron chi connectivity index (χ2n) is 7.89. The maximum Gasteiger partial charge on any atom is 0.270 e. The molecule has 0 radical (unpaired) electrons. The van der Waals surface area contributed by atoms with E-state index in [0.29, 0.717) is 10.7 Å². The van der Waals surface area contributed by atoms with Gasteiger partial charge in [0, 0.05) is 22.1 Å². The Morgan fingerprint density at radius 2 is 1.66 bits per heavy atom. The fraction of sp³-hybridized carbons (Fsp3) is 0.160. The molecule has 162 valence electrons. The molecule has 1 saturated heterocycles. The molecule has 2 amide bonds. The molecule has 0 spiro atoms. The second kappa shape index (κ2) is 8.37. The molecule has 1 aromatic heterocycles. The van der Waals surface area contributed by atoms with Gasteiger partial charge in [0.1, 0.15) is 5.57 Å². The zero-order valence-corrected chi connectivity index (χ0v) is 19.8. The summed E-state index contributed by atoms with van der Waals surface area (Å²) in [5.41, 5.74) is 6.29. The smallest absolute Gasteiger partial charge is 0.270 e. The lowest BCUT2D eigenvalue weighted by Gasteiger charge is -2.30. The third kappa shape index (κ3) is 3.87. The lowest BCUT2D eigenvalue weighted by atomic mass is 10.0. The van der Waals surface area contributed by atoms with Crippen molar-refractivity contribution in [2.75, 3.05) is 4.90 Å². The minimum Gasteiger partial charge on any atom is -0.318 e. The van der Waals surface area contributed by atoms with E-state index in [-0.39, 0.29) is 10.7 Å². The molecule has 1 N–H and O–H groups in total. The normalized spacial score (nSPS) is 15.5. The van der Waals surface area contributed by atoms with Crippen molar-refractivity contribution in [2.45, 2.75) is 27.7 Å². The summed E-state index contributed by atoms with van der Waals surface area (Å²) in [5, 5.41) is 3.39. The SMILES string of the molecule is Cc1ccc(N2C(=O)/C(=C/c3cc(C)n(-c4ccc(Cl)cc4)c3C)C(=O)NC2=S)c(C)c1. The lowest BCUT2D eigenvalue weighted by molar-refractivity contribution is -0.122. The van der Waals surface area contributed by atoms with Gasteiger partial charge in [0.05, 0.1) is 5.69 Å². The summed E-state index contributed by atoms with van der Waals surface area (Å²) in [4.78, 5) is 27.5. The van der Waals surface area contributed by atoms with Gasteiger partial charge in [-0.15, -0.1) is 0 Å². The molecule has 3 aromatic rings. The van der Waals surface area contributed by atoms with Crippen molar-refractivity contribution >= 4 is 52.5 Å². The van der Waals surface area contributed by atoms with Gasteiger partial charge in [-0.05, 0) is 93.5 Å². The number of carbonyl (C=O) groups is 2. The second-order valence-corrected chi connectivity index (χ2v) is 8.71. The molecule has 0 bridgehead atoms. The van der Waals surface area contributed by atoms with Gasteiger partial charge in [-0.2, -0.15) is 0 Å². The van der Waals surface area contributed by atoms with Crippen LogP contribution in [0.25, 0.3) is 11.8 Å². The number of aromatic nitrogens is 1. The molecule has 1 fully saturated rings. The summed E-state index contributed by atoms with van der Waals surface area (Å²) >= 11 is 11.4. The van der Waals surface area contributed by atoms with E-state index in [0.717, 1.165) is 33.8 Å². The summed E-state index contributed by atoms with van der Waals surface area (Å²) in [6, 6.07) is 15.2. The van der Waals surface area contributed by atoms with Crippen LogP contribution in [0.5, 0.6) is 0 Å². The number of thiocarbonyl (C=S) groups is 1. The quantitative estimate of drug-likeness (QED) is 0.330. The van der Waals surface area contributed by atoms with Crippen molar-refractivity contribution in [1.29, 1.82) is 0 Å². The van der Waals surface area contributed by atoms with Crippen LogP contribution in [0.15, 0.2) is 54.1 Å². The summed E-state index contributed by atoms with van der Waals surface area (Å²) < 4.78 is 2.06. The van der Waals surface area contributed by atoms with Crippen molar-refractivity contribution < 1.29 is 9.59 Å². The van der Waals surface area contributed by atoms with Crippen LogP contribution in [0, 0.1) is 27.7 Å². The van der Waals surface area contributed by atoms with Gasteiger partial charge in [0.2, 0.25) is 0 Å². The van der Waals surface area contributed by atoms with E-state index in [1.807, 2.05) is 76.2 Å². The number of carbonyl (C=O) groups excluding carboxylic acids is 2. The highest BCUT2D eigenvalue weighted by molar-refractivity contribution is 7.80. The van der Waals surface area contributed by atoms with E-state index in [2.05, 4.69) is 9.88 Å². The Balaban J connectivity index is 1.77. The van der Waals surface area contributed by atoms with Gasteiger partial charge in [-0.3, -0.25) is 19.8 Å². The summed E-state index contributed by atoms with van der Waals surface area (Å²) in [7, 11) is 0. The number of rotatable bonds is 3. The molecule has 2 aromatic carbocycles. The lowest BCUT2D eigenvalue weighted by Crippen LogP contribution is -2.54. The average Bonchev–Trinajstić information content (AvgIpc) is 3.00. The molecule has 5 nitrogen and oxygen atoms in total. The molecule has 0 aliphatic carbocycles. The Hall–Kier alpha value is -3.22. The first-order valence-corrected chi connectivity index (χ1v) is 10.9. The molecular weight excluding hydrogens is 442 g/mol. The minimum atomic E-state index is -0.502. The molecule has 1 aliphatic rings. The van der Waals surface area contributed by atoms with Gasteiger partial charge >= 0.3 is 0 Å². The largest absolute Gasteiger partial charge is 0.318 e. The molecule has 0 saturated carbocycles. The molecule has 0 unspecified atom stereocenters. The topological polar surface area (TPSA) is 54.3 Å². The van der Waals surface area contributed by atoms with E-state index in [1.54, 1.807) is 6.08 Å². The standard InChI is InChI=1S/C25H22ClN3O2S/c1-14-5-10-22(15(2)11-14)29-24(31)21(23(30)27-25(29)32)13-18-12-16(3)28(17(18)4)20-8-6-19(26)7-9-20/h5-13H,1-4H3,(H,27,30,32)/b21-13+. The Morgan fingerprint density at radius 3 is 2.31 bits per heavy atom. The van der Waals surface area contributed by atoms with Crippen LogP contribution in [0.2, 0.25) is 5.02 Å². The van der Waals surface area contributed by atoms with Crippen LogP contribution in [-0.2, 0) is 9.59 Å². The van der Waals surface area contributed by atoms with E-state index in [1.165, 1.54) is 4.90 Å². The summed E-state index contributed by atoms with van der Waals surface area (Å²) in [5.74, 6) is -0.945. The highest BCUT2D eigenvalue weighted by Gasteiger charge is 2.35. The molecular formula is C25H22ClN3O2S. The molecule has 1 aliphatic heterocycles. The highest BCUT2D eigenvalue weighted by Crippen LogP contribution is 2.28. The number of hydrogen-bond acceptors (Lipinski definition) is 3. The van der Waals surface area contributed by atoms with Gasteiger partial charge in [-0.1, -0.05) is 29.3 Å². The molecule has 2 heterocycles. The van der Waals surface area contributed by atoms with Gasteiger partial charge in [-0.25, -0.2) is 0 Å². The predicted octanol–water partition coefficient (Wildman–Crippen LogP) is 5.20. The third-order valence-electron chi connectivity index (χ3n) is 5.55. The van der Waals surface area contributed by atoms with Crippen molar-refractivity contribution in [1.82, 2.24) is 9.88 Å². The van der Waals surface area contributed by atoms with Gasteiger partial charge in [0.15, 0.2) is 5.11 Å². The van der Waals surface area contributed by atoms with Crippen molar-refractivity contribution in [3.8, 4) is 5.69 Å². The average molecular weight is 464 g/mol. The van der Waals surface area contributed by atoms with E-state index >= 15 is 0 Å². The van der Waals surface area contributed by atoms with Crippen LogP contribution < -0.4 is 10.2 Å². The summed E-state index contributed by atoms with van der Waals surface area (Å²) in [6.45, 7) is 7.82. The first-order chi connectivity index (χ1) is 15.2. The van der Waals surface area contributed by atoms with Crippen molar-refractivity contribution in [3.05, 3.63) is 87.2 Å². The van der Waals surface area contributed by atoms with Crippen molar-refractivity contribution in [3.63, 3.8) is 0 Å². The first kappa shape index (κ1) is 22.0. The fourth-order valence-electron chi connectivity index (χ4n) is 4.01. The Morgan fingerprint density at radius 1 is 0.969 bits per heavy atom. The molecule has 0 atom stereocenters. The molecule has 7 heteroatoms. The maximum absolute atomic E-state index is 13.4. The predicted molar refractivity (Wildman–Crippen MR) is 132 cm³/mol. The summed E-state index contributed by atoms with van der Waals surface area (Å²) in [6.07, 6.45) is 1.63. The number of hydrogen-bond donors (Lipinski definition) is 1. The molecule has 32 heavy (non-hydrogen) atoms. The third-order valence-corrected chi connectivity index (χ3v) is 6.09. The minimum absolute atomic E-state index is 0.0370. The van der Waals surface area contributed by atoms with Crippen LogP contribution in [0.3, 0.4) is 0 Å². The van der Waals surface area contributed by atoms with Gasteiger partial charge < -0.3 is 4.57 Å². The van der Waals surface area contributed by atoms with Crippen LogP contribution in [0.4, 0.5) is 5.69 Å². The first-order valence-electron chi connectivity index (χ1n) is 10.1. The molecule has 4 rings (SSSR count). The number of benzene rings is 2. The highest BCUT2D eigenvalue weighted by atomic mass is 35.5. The number of nitrogens with zero attached hydrogens (tertiary/aromatic N) is 2. The number of halogens is 1. The number of nitrogens with one attached hydrogen (secondary N) is 1. The fourth-order valence-corrected chi connectivity index (χ4v) is 4.41. The zero-order chi connectivity index (χ0) is 23.2. The van der Waals surface area contributed by atoms with E-state index in [9.17, 15) is 9.59 Å². The zero-order valence-electron chi connectivity index (χ0n) is 18.2. The number of anilines is 1. The Kier molecular flexibility index (Phi) is 5.75. The van der Waals surface area contributed by atoms with Crippen LogP contribution in [-0.4, -0.2) is 21.5 Å². The monoisotopic (exact) mass is 463 g/mol. The van der Waals surface area contributed by atoms with Crippen LogP contribution in [0.1, 0.15) is 28.1 Å². The van der Waals surface area contributed by atoms with E-state index in [4.69, 9.17) is 23.8 Å². The van der Waals surface area contributed by atoms with Gasteiger partial charge in [0.25, 0.3) is 11.8 Å². The number of aryl methyl sites for hydroxylation is 3. The number of amides is 2. The maximum atomic E-state index is 13.4. The van der Waals surface area contributed by atoms with E-state index < -0.39 is 11.8 Å². The van der Waals surface area contributed by atoms with Crippen LogP contribution >= 0.6 is 23.8 Å². The van der Waals surface area contributed by atoms with Crippen molar-refractivity contribution in [2.24, 2.45) is 0 Å². The Labute approximate surface area is 197 Å².